The van der Waals surface area contributed by atoms with Crippen LogP contribution in [0.2, 0.25) is 0 Å². The normalized spacial score (nSPS) is 29.6. The second kappa shape index (κ2) is 6.60. The van der Waals surface area contributed by atoms with Gasteiger partial charge in [-0.1, -0.05) is 0 Å². The van der Waals surface area contributed by atoms with Gasteiger partial charge in [0.05, 0.1) is 18.4 Å². The monoisotopic (exact) mass is 319 g/mol. The first kappa shape index (κ1) is 16.7. The van der Waals surface area contributed by atoms with E-state index < -0.39 is 16.1 Å². The number of carbonyl (C=O) groups is 1. The Hall–Kier alpha value is -0.700. The summed E-state index contributed by atoms with van der Waals surface area (Å²) in [6.45, 7) is 4.20. The van der Waals surface area contributed by atoms with Crippen molar-refractivity contribution >= 4 is 15.9 Å². The van der Waals surface area contributed by atoms with Crippen molar-refractivity contribution in [1.82, 2.24) is 14.5 Å². The highest BCUT2D eigenvalue weighted by Gasteiger charge is 2.34. The summed E-state index contributed by atoms with van der Waals surface area (Å²) in [5.41, 5.74) is 0. The van der Waals surface area contributed by atoms with E-state index in [1.165, 1.54) is 0 Å². The highest BCUT2D eigenvalue weighted by Crippen LogP contribution is 2.25. The van der Waals surface area contributed by atoms with Gasteiger partial charge in [-0.2, -0.15) is 0 Å². The minimum Gasteiger partial charge on any atom is -0.391 e. The van der Waals surface area contributed by atoms with Crippen molar-refractivity contribution in [1.29, 1.82) is 0 Å². The van der Waals surface area contributed by atoms with Gasteiger partial charge in [-0.15, -0.1) is 0 Å². The largest absolute Gasteiger partial charge is 0.391 e. The fourth-order valence-corrected chi connectivity index (χ4v) is 4.01. The average molecular weight is 319 g/mol. The molecule has 21 heavy (non-hydrogen) atoms. The molecule has 122 valence electrons. The van der Waals surface area contributed by atoms with Crippen molar-refractivity contribution in [3.63, 3.8) is 0 Å². The molecule has 1 aliphatic carbocycles. The van der Waals surface area contributed by atoms with Gasteiger partial charge in [-0.3, -0.25) is 9.69 Å². The molecule has 0 unspecified atom stereocenters. The van der Waals surface area contributed by atoms with Crippen LogP contribution in [0.25, 0.3) is 0 Å². The fourth-order valence-electron chi connectivity index (χ4n) is 3.27. The Morgan fingerprint density at radius 3 is 2.33 bits per heavy atom. The Morgan fingerprint density at radius 2 is 1.86 bits per heavy atom. The van der Waals surface area contributed by atoms with Gasteiger partial charge in [0.1, 0.15) is 0 Å². The summed E-state index contributed by atoms with van der Waals surface area (Å²) in [6.07, 6.45) is 3.73. The van der Waals surface area contributed by atoms with Crippen LogP contribution in [0.4, 0.5) is 0 Å². The minimum absolute atomic E-state index is 0.188. The Balaban J connectivity index is 1.84. The van der Waals surface area contributed by atoms with Gasteiger partial charge in [-0.25, -0.2) is 13.1 Å². The molecule has 7 nitrogen and oxygen atoms in total. The summed E-state index contributed by atoms with van der Waals surface area (Å²) < 4.78 is 24.7. The summed E-state index contributed by atoms with van der Waals surface area (Å²) in [5.74, 6) is -0.188. The van der Waals surface area contributed by atoms with Crippen LogP contribution in [0.15, 0.2) is 0 Å². The predicted octanol–water partition coefficient (Wildman–Crippen LogP) is -1.02. The Morgan fingerprint density at radius 1 is 1.24 bits per heavy atom. The number of nitrogens with zero attached hydrogens (tertiary/aromatic N) is 2. The molecule has 0 radical (unpaired) electrons. The van der Waals surface area contributed by atoms with E-state index in [0.29, 0.717) is 13.1 Å². The number of amides is 1. The Kier molecular flexibility index (Phi) is 5.24. The summed E-state index contributed by atoms with van der Waals surface area (Å²) in [7, 11) is -3.38. The quantitative estimate of drug-likeness (QED) is 0.692. The van der Waals surface area contributed by atoms with Crippen LogP contribution in [0, 0.1) is 0 Å². The maximum atomic E-state index is 12.2. The molecular formula is C13H25N3O4S. The number of sulfonamides is 1. The van der Waals surface area contributed by atoms with Crippen molar-refractivity contribution in [2.75, 3.05) is 32.4 Å². The third kappa shape index (κ3) is 4.38. The molecule has 0 spiro atoms. The number of hydrogen-bond acceptors (Lipinski definition) is 5. The lowest BCUT2D eigenvalue weighted by atomic mass is 10.1. The topological polar surface area (TPSA) is 90.0 Å². The van der Waals surface area contributed by atoms with Crippen LogP contribution < -0.4 is 4.72 Å². The molecule has 0 aromatic rings. The highest BCUT2D eigenvalue weighted by atomic mass is 32.2. The van der Waals surface area contributed by atoms with E-state index >= 15 is 0 Å². The molecule has 1 amide bonds. The summed E-state index contributed by atoms with van der Waals surface area (Å²) in [4.78, 5) is 16.1. The zero-order valence-electron chi connectivity index (χ0n) is 12.7. The summed E-state index contributed by atoms with van der Waals surface area (Å²) in [6, 6.07) is -0.516. The molecule has 1 heterocycles. The third-order valence-electron chi connectivity index (χ3n) is 4.30. The number of aliphatic hydroxyl groups is 1. The third-order valence-corrected chi connectivity index (χ3v) is 5.08. The molecule has 0 bridgehead atoms. The second-order valence-electron chi connectivity index (χ2n) is 6.04. The average Bonchev–Trinajstić information content (AvgIpc) is 2.82. The first-order valence-corrected chi connectivity index (χ1v) is 9.35. The first-order chi connectivity index (χ1) is 9.78. The molecule has 1 aliphatic heterocycles. The number of carbonyl (C=O) groups excluding carboxylic acids is 1. The summed E-state index contributed by atoms with van der Waals surface area (Å²) in [5, 5.41) is 9.93. The van der Waals surface area contributed by atoms with Crippen LogP contribution in [0.1, 0.15) is 26.2 Å². The van der Waals surface area contributed by atoms with Crippen molar-refractivity contribution in [3.05, 3.63) is 0 Å². The van der Waals surface area contributed by atoms with E-state index in [0.717, 1.165) is 38.6 Å². The minimum atomic E-state index is -3.38. The van der Waals surface area contributed by atoms with Crippen LogP contribution in [-0.2, 0) is 14.8 Å². The lowest BCUT2D eigenvalue weighted by Gasteiger charge is -2.39. The SMILES string of the molecule is C[C@H](NS(C)(=O)=O)C(=O)N1CCN([C@H]2CCC[C@H]2O)CC1. The molecule has 2 N–H and O–H groups in total. The molecule has 8 heteroatoms. The molecule has 1 saturated carbocycles. The molecule has 2 aliphatic rings. The van der Waals surface area contributed by atoms with Gasteiger partial charge >= 0.3 is 0 Å². The first-order valence-electron chi connectivity index (χ1n) is 7.46. The molecule has 0 aromatic heterocycles. The Bertz CT molecular complexity index is 474. The van der Waals surface area contributed by atoms with E-state index in [1.807, 2.05) is 0 Å². The van der Waals surface area contributed by atoms with E-state index in [-0.39, 0.29) is 18.1 Å². The number of nitrogens with one attached hydrogen (secondary N) is 1. The smallest absolute Gasteiger partial charge is 0.240 e. The zero-order valence-corrected chi connectivity index (χ0v) is 13.5. The van der Waals surface area contributed by atoms with E-state index in [1.54, 1.807) is 11.8 Å². The van der Waals surface area contributed by atoms with Gasteiger partial charge in [-0.05, 0) is 26.2 Å². The molecular weight excluding hydrogens is 294 g/mol. The fraction of sp³-hybridized carbons (Fsp3) is 0.923. The molecule has 2 fully saturated rings. The van der Waals surface area contributed by atoms with Gasteiger partial charge in [0, 0.05) is 32.2 Å². The molecule has 3 atom stereocenters. The lowest BCUT2D eigenvalue weighted by Crippen LogP contribution is -2.56. The number of aliphatic hydroxyl groups excluding tert-OH is 1. The van der Waals surface area contributed by atoms with Gasteiger partial charge in [0.25, 0.3) is 0 Å². The van der Waals surface area contributed by atoms with Gasteiger partial charge in [0.2, 0.25) is 15.9 Å². The van der Waals surface area contributed by atoms with E-state index in [4.69, 9.17) is 0 Å². The number of hydrogen-bond donors (Lipinski definition) is 2. The van der Waals surface area contributed by atoms with Crippen molar-refractivity contribution < 1.29 is 18.3 Å². The van der Waals surface area contributed by atoms with Crippen molar-refractivity contribution in [3.8, 4) is 0 Å². The predicted molar refractivity (Wildman–Crippen MR) is 79.2 cm³/mol. The molecule has 1 saturated heterocycles. The van der Waals surface area contributed by atoms with Crippen LogP contribution in [-0.4, -0.2) is 79.9 Å². The lowest BCUT2D eigenvalue weighted by molar-refractivity contribution is -0.134. The number of piperazine rings is 1. The molecule has 2 rings (SSSR count). The van der Waals surface area contributed by atoms with Crippen LogP contribution in [0.3, 0.4) is 0 Å². The summed E-state index contributed by atoms with van der Waals surface area (Å²) >= 11 is 0. The maximum absolute atomic E-state index is 12.2. The Labute approximate surface area is 126 Å². The number of rotatable bonds is 4. The standard InChI is InChI=1S/C13H25N3O4S/c1-10(14-21(2,19)20)13(18)16-8-6-15(7-9-16)11-4-3-5-12(11)17/h10-12,14,17H,3-9H2,1-2H3/t10-,11-,12+/m0/s1. The van der Waals surface area contributed by atoms with Gasteiger partial charge in [0.15, 0.2) is 0 Å². The van der Waals surface area contributed by atoms with Gasteiger partial charge < -0.3 is 10.0 Å². The second-order valence-corrected chi connectivity index (χ2v) is 7.82. The van der Waals surface area contributed by atoms with E-state index in [9.17, 15) is 18.3 Å². The van der Waals surface area contributed by atoms with Crippen LogP contribution >= 0.6 is 0 Å². The zero-order chi connectivity index (χ0) is 15.6. The maximum Gasteiger partial charge on any atom is 0.240 e. The highest BCUT2D eigenvalue weighted by molar-refractivity contribution is 7.88. The van der Waals surface area contributed by atoms with Crippen LogP contribution in [0.5, 0.6) is 0 Å². The van der Waals surface area contributed by atoms with Crippen molar-refractivity contribution in [2.45, 2.75) is 44.4 Å². The molecule has 0 aromatic carbocycles. The van der Waals surface area contributed by atoms with E-state index in [2.05, 4.69) is 9.62 Å². The van der Waals surface area contributed by atoms with Crippen molar-refractivity contribution in [2.24, 2.45) is 0 Å².